The normalized spacial score (nSPS) is 16.2. The smallest absolute Gasteiger partial charge is 0.258 e. The van der Waals surface area contributed by atoms with E-state index in [4.69, 9.17) is 11.6 Å². The van der Waals surface area contributed by atoms with Gasteiger partial charge in [-0.3, -0.25) is 4.79 Å². The van der Waals surface area contributed by atoms with Gasteiger partial charge in [0.2, 0.25) is 0 Å². The van der Waals surface area contributed by atoms with Crippen molar-refractivity contribution in [3.8, 4) is 0 Å². The van der Waals surface area contributed by atoms with Crippen molar-refractivity contribution in [3.05, 3.63) is 51.2 Å². The van der Waals surface area contributed by atoms with Crippen LogP contribution in [0.15, 0.2) is 29.8 Å². The Morgan fingerprint density at radius 1 is 1.38 bits per heavy atom. The summed E-state index contributed by atoms with van der Waals surface area (Å²) in [5, 5.41) is 3.25. The van der Waals surface area contributed by atoms with Gasteiger partial charge in [0.15, 0.2) is 0 Å². The lowest BCUT2D eigenvalue weighted by atomic mass is 9.97. The molecule has 1 aliphatic heterocycles. The van der Waals surface area contributed by atoms with Crippen LogP contribution in [0.4, 0.5) is 4.39 Å². The van der Waals surface area contributed by atoms with Gasteiger partial charge < -0.3 is 4.90 Å². The van der Waals surface area contributed by atoms with Gasteiger partial charge in [-0.1, -0.05) is 17.7 Å². The van der Waals surface area contributed by atoms with Gasteiger partial charge in [-0.05, 0) is 25.0 Å². The number of thiazole rings is 1. The number of amides is 1. The second-order valence-electron chi connectivity index (χ2n) is 5.03. The summed E-state index contributed by atoms with van der Waals surface area (Å²) in [6.07, 6.45) is 3.51. The average molecular weight is 325 g/mol. The average Bonchev–Trinajstić information content (AvgIpc) is 3.01. The van der Waals surface area contributed by atoms with Gasteiger partial charge in [-0.2, -0.15) is 0 Å². The fourth-order valence-electron chi connectivity index (χ4n) is 2.63. The molecule has 0 radical (unpaired) electrons. The van der Waals surface area contributed by atoms with Crippen molar-refractivity contribution in [3.63, 3.8) is 0 Å². The number of carbonyl (C=O) groups is 1. The van der Waals surface area contributed by atoms with Crippen molar-refractivity contribution in [1.29, 1.82) is 0 Å². The van der Waals surface area contributed by atoms with Crippen molar-refractivity contribution in [2.75, 3.05) is 13.1 Å². The Bertz CT molecular complexity index is 619. The maximum atomic E-state index is 13.8. The Balaban J connectivity index is 1.71. The standard InChI is InChI=1S/C15H14ClFN2OS/c16-11-2-1-3-12(17)13(11)15(20)19-7-4-10(5-8-19)14-18-6-9-21-14/h1-3,6,9-10H,4-5,7-8H2. The second kappa shape index (κ2) is 6.12. The molecule has 1 aromatic heterocycles. The van der Waals surface area contributed by atoms with Crippen LogP contribution in [0.25, 0.3) is 0 Å². The Hall–Kier alpha value is -1.46. The number of piperidine rings is 1. The highest BCUT2D eigenvalue weighted by Crippen LogP contribution is 2.30. The first-order valence-electron chi connectivity index (χ1n) is 6.79. The molecule has 0 N–H and O–H groups in total. The van der Waals surface area contributed by atoms with E-state index in [1.807, 2.05) is 5.38 Å². The van der Waals surface area contributed by atoms with Crippen LogP contribution in [0, 0.1) is 5.82 Å². The number of hydrogen-bond donors (Lipinski definition) is 0. The summed E-state index contributed by atoms with van der Waals surface area (Å²) in [7, 11) is 0. The van der Waals surface area contributed by atoms with E-state index in [0.717, 1.165) is 17.8 Å². The van der Waals surface area contributed by atoms with Gasteiger partial charge in [0, 0.05) is 30.6 Å². The molecule has 1 fully saturated rings. The molecule has 1 saturated heterocycles. The highest BCUT2D eigenvalue weighted by Gasteiger charge is 2.28. The maximum Gasteiger partial charge on any atom is 0.258 e. The Morgan fingerprint density at radius 3 is 2.76 bits per heavy atom. The summed E-state index contributed by atoms with van der Waals surface area (Å²) in [5.74, 6) is -0.490. The van der Waals surface area contributed by atoms with Crippen LogP contribution in [-0.4, -0.2) is 28.9 Å². The van der Waals surface area contributed by atoms with Crippen LogP contribution in [0.5, 0.6) is 0 Å². The minimum atomic E-state index is -0.561. The van der Waals surface area contributed by atoms with Gasteiger partial charge in [-0.25, -0.2) is 9.37 Å². The van der Waals surface area contributed by atoms with E-state index in [2.05, 4.69) is 4.98 Å². The SMILES string of the molecule is O=C(c1c(F)cccc1Cl)N1CCC(c2nccs2)CC1. The summed E-state index contributed by atoms with van der Waals surface area (Å²) in [6, 6.07) is 4.31. The minimum Gasteiger partial charge on any atom is -0.338 e. The van der Waals surface area contributed by atoms with Crippen molar-refractivity contribution < 1.29 is 9.18 Å². The van der Waals surface area contributed by atoms with E-state index in [9.17, 15) is 9.18 Å². The molecule has 0 unspecified atom stereocenters. The van der Waals surface area contributed by atoms with Crippen LogP contribution in [0.3, 0.4) is 0 Å². The number of nitrogens with zero attached hydrogens (tertiary/aromatic N) is 2. The number of aromatic nitrogens is 1. The maximum absolute atomic E-state index is 13.8. The summed E-state index contributed by atoms with van der Waals surface area (Å²) in [5.41, 5.74) is -0.0214. The van der Waals surface area contributed by atoms with Crippen molar-refractivity contribution in [2.24, 2.45) is 0 Å². The third-order valence-electron chi connectivity index (χ3n) is 3.76. The topological polar surface area (TPSA) is 33.2 Å². The Kier molecular flexibility index (Phi) is 4.22. The zero-order valence-electron chi connectivity index (χ0n) is 11.3. The predicted octanol–water partition coefficient (Wildman–Crippen LogP) is 3.96. The third kappa shape index (κ3) is 2.94. The Labute approximate surface area is 131 Å². The fourth-order valence-corrected chi connectivity index (χ4v) is 3.68. The van der Waals surface area contributed by atoms with Gasteiger partial charge in [0.05, 0.1) is 15.6 Å². The van der Waals surface area contributed by atoms with E-state index in [1.54, 1.807) is 28.5 Å². The lowest BCUT2D eigenvalue weighted by molar-refractivity contribution is 0.0708. The summed E-state index contributed by atoms with van der Waals surface area (Å²) >= 11 is 7.60. The molecule has 1 amide bonds. The molecule has 2 heterocycles. The first kappa shape index (κ1) is 14.5. The van der Waals surface area contributed by atoms with Crippen LogP contribution in [0.2, 0.25) is 5.02 Å². The van der Waals surface area contributed by atoms with Crippen LogP contribution in [-0.2, 0) is 0 Å². The largest absolute Gasteiger partial charge is 0.338 e. The lowest BCUT2D eigenvalue weighted by Gasteiger charge is -2.31. The van der Waals surface area contributed by atoms with Gasteiger partial charge in [0.1, 0.15) is 5.82 Å². The molecule has 3 nitrogen and oxygen atoms in total. The van der Waals surface area contributed by atoms with Crippen LogP contribution in [0.1, 0.15) is 34.1 Å². The van der Waals surface area contributed by atoms with Crippen LogP contribution < -0.4 is 0 Å². The number of rotatable bonds is 2. The lowest BCUT2D eigenvalue weighted by Crippen LogP contribution is -2.38. The number of halogens is 2. The molecule has 0 spiro atoms. The zero-order valence-corrected chi connectivity index (χ0v) is 12.8. The molecule has 0 aliphatic carbocycles. The summed E-state index contributed by atoms with van der Waals surface area (Å²) < 4.78 is 13.8. The molecule has 0 bridgehead atoms. The Morgan fingerprint density at radius 2 is 2.14 bits per heavy atom. The van der Waals surface area contributed by atoms with Gasteiger partial charge in [0.25, 0.3) is 5.91 Å². The van der Waals surface area contributed by atoms with E-state index in [1.165, 1.54) is 12.1 Å². The molecule has 2 aromatic rings. The molecule has 110 valence electrons. The first-order valence-corrected chi connectivity index (χ1v) is 8.05. The van der Waals surface area contributed by atoms with Crippen molar-refractivity contribution >= 4 is 28.8 Å². The van der Waals surface area contributed by atoms with E-state index in [-0.39, 0.29) is 16.5 Å². The second-order valence-corrected chi connectivity index (χ2v) is 6.37. The quantitative estimate of drug-likeness (QED) is 0.838. The van der Waals surface area contributed by atoms with Gasteiger partial charge >= 0.3 is 0 Å². The zero-order chi connectivity index (χ0) is 14.8. The van der Waals surface area contributed by atoms with Gasteiger partial charge in [-0.15, -0.1) is 11.3 Å². The summed E-state index contributed by atoms with van der Waals surface area (Å²) in [4.78, 5) is 18.4. The van der Waals surface area contributed by atoms with Crippen molar-refractivity contribution in [1.82, 2.24) is 9.88 Å². The molecule has 0 saturated carbocycles. The number of carbonyl (C=O) groups excluding carboxylic acids is 1. The molecule has 3 rings (SSSR count). The predicted molar refractivity (Wildman–Crippen MR) is 81.4 cm³/mol. The molecule has 1 aromatic carbocycles. The number of likely N-dealkylation sites (tertiary alicyclic amines) is 1. The summed E-state index contributed by atoms with van der Waals surface area (Å²) in [6.45, 7) is 1.21. The molecule has 1 aliphatic rings. The minimum absolute atomic E-state index is 0.0214. The molecule has 21 heavy (non-hydrogen) atoms. The third-order valence-corrected chi connectivity index (χ3v) is 5.01. The molecular weight excluding hydrogens is 311 g/mol. The van der Waals surface area contributed by atoms with E-state index >= 15 is 0 Å². The molecular formula is C15H14ClFN2OS. The highest BCUT2D eigenvalue weighted by molar-refractivity contribution is 7.09. The number of hydrogen-bond acceptors (Lipinski definition) is 3. The van der Waals surface area contributed by atoms with Crippen molar-refractivity contribution in [2.45, 2.75) is 18.8 Å². The monoisotopic (exact) mass is 324 g/mol. The van der Waals surface area contributed by atoms with E-state index < -0.39 is 5.82 Å². The fraction of sp³-hybridized carbons (Fsp3) is 0.333. The molecule has 6 heteroatoms. The van der Waals surface area contributed by atoms with Crippen LogP contribution >= 0.6 is 22.9 Å². The molecule has 0 atom stereocenters. The highest BCUT2D eigenvalue weighted by atomic mass is 35.5. The number of benzene rings is 1. The first-order chi connectivity index (χ1) is 10.2. The van der Waals surface area contributed by atoms with E-state index in [0.29, 0.717) is 19.0 Å².